The fourth-order valence-corrected chi connectivity index (χ4v) is 2.08. The molecule has 1 aromatic heterocycles. The summed E-state index contributed by atoms with van der Waals surface area (Å²) in [6, 6.07) is 2.16. The second-order valence-electron chi connectivity index (χ2n) is 3.02. The molecule has 0 amide bonds. The van der Waals surface area contributed by atoms with Crippen molar-refractivity contribution in [3.05, 3.63) is 21.9 Å². The Balaban J connectivity index is 2.84. The monoisotopic (exact) mass is 200 g/mol. The molecular weight excluding hydrogens is 184 g/mol. The van der Waals surface area contributed by atoms with E-state index in [-0.39, 0.29) is 12.1 Å². The van der Waals surface area contributed by atoms with E-state index in [1.807, 2.05) is 6.92 Å². The molecule has 1 aromatic rings. The van der Waals surface area contributed by atoms with Crippen LogP contribution in [0.25, 0.3) is 0 Å². The molecule has 3 nitrogen and oxygen atoms in total. The summed E-state index contributed by atoms with van der Waals surface area (Å²) < 4.78 is 5.24. The van der Waals surface area contributed by atoms with Gasteiger partial charge in [0.05, 0.1) is 12.1 Å². The van der Waals surface area contributed by atoms with Crippen LogP contribution in [0.3, 0.4) is 0 Å². The normalized spacial score (nSPS) is 15.7. The summed E-state index contributed by atoms with van der Waals surface area (Å²) in [5.41, 5.74) is 4.00. The van der Waals surface area contributed by atoms with Crippen LogP contribution in [-0.2, 0) is 4.74 Å². The fourth-order valence-electron chi connectivity index (χ4n) is 1.33. The summed E-state index contributed by atoms with van der Waals surface area (Å²) in [7, 11) is 1.69. The van der Waals surface area contributed by atoms with Gasteiger partial charge in [0.1, 0.15) is 0 Å². The molecule has 4 heteroatoms. The van der Waals surface area contributed by atoms with Crippen LogP contribution in [0.5, 0.6) is 0 Å². The molecular formula is C9H16N2OS. The zero-order valence-corrected chi connectivity index (χ0v) is 9.02. The van der Waals surface area contributed by atoms with E-state index < -0.39 is 0 Å². The highest BCUT2D eigenvalue weighted by Crippen LogP contribution is 2.25. The van der Waals surface area contributed by atoms with Gasteiger partial charge in [0.25, 0.3) is 0 Å². The molecule has 0 saturated heterocycles. The van der Waals surface area contributed by atoms with E-state index in [9.17, 15) is 0 Å². The molecule has 0 aliphatic rings. The van der Waals surface area contributed by atoms with Crippen LogP contribution in [0.1, 0.15) is 23.4 Å². The van der Waals surface area contributed by atoms with Crippen LogP contribution in [0.15, 0.2) is 11.4 Å². The maximum Gasteiger partial charge on any atom is 0.0751 e. The molecule has 2 atom stereocenters. The number of thiophene rings is 1. The third-order valence-electron chi connectivity index (χ3n) is 2.25. The number of rotatable bonds is 4. The Morgan fingerprint density at radius 3 is 2.69 bits per heavy atom. The number of nitrogens with two attached hydrogens (primary N) is 1. The lowest BCUT2D eigenvalue weighted by Crippen LogP contribution is -2.36. The summed E-state index contributed by atoms with van der Waals surface area (Å²) in [5, 5.41) is 2.07. The third kappa shape index (κ3) is 2.28. The third-order valence-corrected chi connectivity index (χ3v) is 3.12. The second-order valence-corrected chi connectivity index (χ2v) is 4.14. The van der Waals surface area contributed by atoms with Crippen molar-refractivity contribution in [1.29, 1.82) is 0 Å². The first-order valence-electron chi connectivity index (χ1n) is 4.23. The van der Waals surface area contributed by atoms with Crippen LogP contribution >= 0.6 is 11.3 Å². The molecule has 74 valence electrons. The number of aryl methyl sites for hydroxylation is 1. The SMILES string of the molecule is COC(C)C(NN)c1ccsc1C. The van der Waals surface area contributed by atoms with E-state index in [4.69, 9.17) is 10.6 Å². The topological polar surface area (TPSA) is 47.3 Å². The standard InChI is InChI=1S/C9H16N2OS/c1-6(12-3)9(11-10)8-4-5-13-7(8)2/h4-6,9,11H,10H2,1-3H3. The van der Waals surface area contributed by atoms with E-state index in [2.05, 4.69) is 23.8 Å². The number of hydrazine groups is 1. The lowest BCUT2D eigenvalue weighted by molar-refractivity contribution is 0.0830. The van der Waals surface area contributed by atoms with Gasteiger partial charge in [0.15, 0.2) is 0 Å². The Morgan fingerprint density at radius 1 is 1.62 bits per heavy atom. The first-order chi connectivity index (χ1) is 6.20. The van der Waals surface area contributed by atoms with Crippen LogP contribution in [0.4, 0.5) is 0 Å². The summed E-state index contributed by atoms with van der Waals surface area (Å²) in [6.45, 7) is 4.09. The van der Waals surface area contributed by atoms with Crippen LogP contribution < -0.4 is 11.3 Å². The minimum Gasteiger partial charge on any atom is -0.380 e. The highest BCUT2D eigenvalue weighted by molar-refractivity contribution is 7.10. The highest BCUT2D eigenvalue weighted by atomic mass is 32.1. The van der Waals surface area contributed by atoms with Crippen molar-refractivity contribution in [3.8, 4) is 0 Å². The summed E-state index contributed by atoms with van der Waals surface area (Å²) in [6.07, 6.45) is 0.0818. The molecule has 1 heterocycles. The first-order valence-corrected chi connectivity index (χ1v) is 5.11. The Hall–Kier alpha value is -0.420. The van der Waals surface area contributed by atoms with Crippen LogP contribution in [-0.4, -0.2) is 13.2 Å². The van der Waals surface area contributed by atoms with E-state index in [1.54, 1.807) is 18.4 Å². The maximum atomic E-state index is 5.48. The Bertz CT molecular complexity index is 262. The smallest absolute Gasteiger partial charge is 0.0751 e. The molecule has 0 saturated carbocycles. The van der Waals surface area contributed by atoms with E-state index in [0.717, 1.165) is 0 Å². The van der Waals surface area contributed by atoms with Gasteiger partial charge in [0.2, 0.25) is 0 Å². The van der Waals surface area contributed by atoms with Gasteiger partial charge in [-0.1, -0.05) is 0 Å². The molecule has 2 unspecified atom stereocenters. The number of nitrogens with one attached hydrogen (secondary N) is 1. The molecule has 0 fully saturated rings. The van der Waals surface area contributed by atoms with Crippen molar-refractivity contribution in [2.45, 2.75) is 26.0 Å². The Labute approximate surface area is 82.9 Å². The minimum absolute atomic E-state index is 0.0799. The van der Waals surface area contributed by atoms with Crippen molar-refractivity contribution >= 4 is 11.3 Å². The lowest BCUT2D eigenvalue weighted by atomic mass is 10.0. The molecule has 0 aliphatic heterocycles. The summed E-state index contributed by atoms with van der Waals surface area (Å²) >= 11 is 1.72. The quantitative estimate of drug-likeness (QED) is 0.573. The summed E-state index contributed by atoms with van der Waals surface area (Å²) in [4.78, 5) is 1.28. The first kappa shape index (κ1) is 10.7. The van der Waals surface area contributed by atoms with Gasteiger partial charge in [-0.25, -0.2) is 0 Å². The number of hydrogen-bond donors (Lipinski definition) is 2. The van der Waals surface area contributed by atoms with Crippen molar-refractivity contribution < 1.29 is 4.74 Å². The zero-order chi connectivity index (χ0) is 9.84. The molecule has 0 bridgehead atoms. The molecule has 3 N–H and O–H groups in total. The van der Waals surface area contributed by atoms with Gasteiger partial charge < -0.3 is 4.74 Å². The van der Waals surface area contributed by atoms with Crippen molar-refractivity contribution in [3.63, 3.8) is 0 Å². The van der Waals surface area contributed by atoms with Crippen molar-refractivity contribution in [1.82, 2.24) is 5.43 Å². The van der Waals surface area contributed by atoms with Gasteiger partial charge in [-0.15, -0.1) is 11.3 Å². The Morgan fingerprint density at radius 2 is 2.31 bits per heavy atom. The van der Waals surface area contributed by atoms with E-state index in [0.29, 0.717) is 0 Å². The largest absolute Gasteiger partial charge is 0.380 e. The maximum absolute atomic E-state index is 5.48. The van der Waals surface area contributed by atoms with Crippen LogP contribution in [0.2, 0.25) is 0 Å². The molecule has 0 radical (unpaired) electrons. The van der Waals surface area contributed by atoms with Gasteiger partial charge in [-0.2, -0.15) is 0 Å². The number of methoxy groups -OCH3 is 1. The Kier molecular flexibility index (Phi) is 3.87. The molecule has 0 spiro atoms. The van der Waals surface area contributed by atoms with Gasteiger partial charge >= 0.3 is 0 Å². The zero-order valence-electron chi connectivity index (χ0n) is 8.20. The highest BCUT2D eigenvalue weighted by Gasteiger charge is 2.19. The summed E-state index contributed by atoms with van der Waals surface area (Å²) in [5.74, 6) is 5.48. The molecule has 0 aliphatic carbocycles. The average molecular weight is 200 g/mol. The lowest BCUT2D eigenvalue weighted by Gasteiger charge is -2.21. The van der Waals surface area contributed by atoms with E-state index in [1.165, 1.54) is 10.4 Å². The van der Waals surface area contributed by atoms with E-state index >= 15 is 0 Å². The number of hydrogen-bond acceptors (Lipinski definition) is 4. The predicted octanol–water partition coefficient (Wildman–Crippen LogP) is 1.60. The van der Waals surface area contributed by atoms with Gasteiger partial charge in [0, 0.05) is 12.0 Å². The predicted molar refractivity (Wildman–Crippen MR) is 55.6 cm³/mol. The minimum atomic E-state index is 0.0799. The van der Waals surface area contributed by atoms with Gasteiger partial charge in [-0.3, -0.25) is 11.3 Å². The molecule has 1 rings (SSSR count). The molecule has 13 heavy (non-hydrogen) atoms. The van der Waals surface area contributed by atoms with Crippen LogP contribution in [0, 0.1) is 6.92 Å². The molecule has 0 aromatic carbocycles. The van der Waals surface area contributed by atoms with Crippen molar-refractivity contribution in [2.75, 3.05) is 7.11 Å². The fraction of sp³-hybridized carbons (Fsp3) is 0.556. The van der Waals surface area contributed by atoms with Crippen molar-refractivity contribution in [2.24, 2.45) is 5.84 Å². The van der Waals surface area contributed by atoms with Gasteiger partial charge in [-0.05, 0) is 30.9 Å². The second kappa shape index (κ2) is 4.72. The average Bonchev–Trinajstić information content (AvgIpc) is 2.53. The number of ether oxygens (including phenoxy) is 1.